The number of halogens is 1. The van der Waals surface area contributed by atoms with Crippen LogP contribution in [0.5, 0.6) is 0 Å². The number of aryl methyl sites for hydroxylation is 1. The van der Waals surface area contributed by atoms with E-state index in [1.165, 1.54) is 20.3 Å². The molecule has 0 amide bonds. The fourth-order valence-electron chi connectivity index (χ4n) is 2.14. The molecule has 1 nitrogen and oxygen atoms in total. The summed E-state index contributed by atoms with van der Waals surface area (Å²) in [5.41, 5.74) is 4.12. The Hall–Kier alpha value is -0.870. The highest BCUT2D eigenvalue weighted by molar-refractivity contribution is 14.1. The fraction of sp³-hybridized carbons (Fsp3) is 0.250. The van der Waals surface area contributed by atoms with Gasteiger partial charge in [0.1, 0.15) is 0 Å². The van der Waals surface area contributed by atoms with Gasteiger partial charge in [-0.05, 0) is 71.8 Å². The van der Waals surface area contributed by atoms with E-state index in [1.807, 2.05) is 7.05 Å². The Bertz CT molecular complexity index is 505. The first-order valence-electron chi connectivity index (χ1n) is 6.18. The molecule has 2 aromatic rings. The van der Waals surface area contributed by atoms with Gasteiger partial charge in [0.2, 0.25) is 0 Å². The van der Waals surface area contributed by atoms with E-state index in [0.29, 0.717) is 6.04 Å². The zero-order valence-electron chi connectivity index (χ0n) is 10.8. The van der Waals surface area contributed by atoms with Crippen molar-refractivity contribution in [3.63, 3.8) is 0 Å². The Morgan fingerprint density at radius 1 is 1.06 bits per heavy atom. The summed E-state index contributed by atoms with van der Waals surface area (Å²) in [6.07, 6.45) is 1.03. The van der Waals surface area contributed by atoms with E-state index in [1.54, 1.807) is 0 Å². The molecule has 0 aliphatic carbocycles. The van der Waals surface area contributed by atoms with Gasteiger partial charge >= 0.3 is 0 Å². The average Bonchev–Trinajstić information content (AvgIpc) is 2.39. The molecule has 0 radical (unpaired) electrons. The normalized spacial score (nSPS) is 12.4. The highest BCUT2D eigenvalue weighted by Crippen LogP contribution is 2.21. The third-order valence-electron chi connectivity index (χ3n) is 3.31. The number of likely N-dealkylation sites (N-methyl/N-ethyl adjacent to an activating group) is 1. The van der Waals surface area contributed by atoms with Crippen LogP contribution in [-0.2, 0) is 6.42 Å². The lowest BCUT2D eigenvalue weighted by Crippen LogP contribution is -2.19. The molecule has 0 spiro atoms. The third kappa shape index (κ3) is 3.33. The standard InChI is InChI=1S/C16H18IN/c1-12-5-3-4-6-14(12)11-16(18-2)13-7-9-15(17)10-8-13/h3-10,16,18H,11H2,1-2H3. The van der Waals surface area contributed by atoms with Gasteiger partial charge in [0.25, 0.3) is 0 Å². The molecule has 1 N–H and O–H groups in total. The van der Waals surface area contributed by atoms with Gasteiger partial charge in [0.05, 0.1) is 0 Å². The van der Waals surface area contributed by atoms with Crippen LogP contribution in [0.4, 0.5) is 0 Å². The van der Waals surface area contributed by atoms with Gasteiger partial charge in [-0.3, -0.25) is 0 Å². The Morgan fingerprint density at radius 2 is 1.72 bits per heavy atom. The predicted octanol–water partition coefficient (Wildman–Crippen LogP) is 4.10. The van der Waals surface area contributed by atoms with Crippen LogP contribution >= 0.6 is 22.6 Å². The molecule has 0 saturated heterocycles. The van der Waals surface area contributed by atoms with E-state index in [-0.39, 0.29) is 0 Å². The fourth-order valence-corrected chi connectivity index (χ4v) is 2.50. The quantitative estimate of drug-likeness (QED) is 0.818. The highest BCUT2D eigenvalue weighted by atomic mass is 127. The van der Waals surface area contributed by atoms with Crippen molar-refractivity contribution >= 4 is 22.6 Å². The van der Waals surface area contributed by atoms with Gasteiger partial charge in [-0.1, -0.05) is 36.4 Å². The lowest BCUT2D eigenvalue weighted by molar-refractivity contribution is 0.590. The summed E-state index contributed by atoms with van der Waals surface area (Å²) in [6, 6.07) is 17.7. The summed E-state index contributed by atoms with van der Waals surface area (Å²) in [4.78, 5) is 0. The highest BCUT2D eigenvalue weighted by Gasteiger charge is 2.10. The van der Waals surface area contributed by atoms with Gasteiger partial charge in [0.15, 0.2) is 0 Å². The monoisotopic (exact) mass is 351 g/mol. The Morgan fingerprint density at radius 3 is 2.33 bits per heavy atom. The van der Waals surface area contributed by atoms with Crippen LogP contribution < -0.4 is 5.32 Å². The SMILES string of the molecule is CNC(Cc1ccccc1C)c1ccc(I)cc1. The molecule has 2 aromatic carbocycles. The number of hydrogen-bond acceptors (Lipinski definition) is 1. The molecule has 0 bridgehead atoms. The summed E-state index contributed by atoms with van der Waals surface area (Å²) in [5.74, 6) is 0. The van der Waals surface area contributed by atoms with Crippen molar-refractivity contribution in [1.82, 2.24) is 5.32 Å². The van der Waals surface area contributed by atoms with Gasteiger partial charge in [-0.15, -0.1) is 0 Å². The molecule has 1 unspecified atom stereocenters. The summed E-state index contributed by atoms with van der Waals surface area (Å²) >= 11 is 2.34. The third-order valence-corrected chi connectivity index (χ3v) is 4.03. The molecule has 1 atom stereocenters. The van der Waals surface area contributed by atoms with E-state index in [2.05, 4.69) is 83.4 Å². The molecule has 0 aromatic heterocycles. The van der Waals surface area contributed by atoms with Crippen molar-refractivity contribution in [2.45, 2.75) is 19.4 Å². The van der Waals surface area contributed by atoms with E-state index in [4.69, 9.17) is 0 Å². The van der Waals surface area contributed by atoms with Crippen LogP contribution in [0.15, 0.2) is 48.5 Å². The maximum absolute atomic E-state index is 3.41. The van der Waals surface area contributed by atoms with Crippen LogP contribution in [0.25, 0.3) is 0 Å². The molecule has 0 fully saturated rings. The summed E-state index contributed by atoms with van der Waals surface area (Å²) in [7, 11) is 2.03. The van der Waals surface area contributed by atoms with E-state index in [9.17, 15) is 0 Å². The van der Waals surface area contributed by atoms with Crippen molar-refractivity contribution in [3.8, 4) is 0 Å². The summed E-state index contributed by atoms with van der Waals surface area (Å²) in [5, 5.41) is 3.41. The topological polar surface area (TPSA) is 12.0 Å². The van der Waals surface area contributed by atoms with Crippen molar-refractivity contribution < 1.29 is 0 Å². The van der Waals surface area contributed by atoms with Crippen LogP contribution in [-0.4, -0.2) is 7.05 Å². The maximum atomic E-state index is 3.41. The zero-order chi connectivity index (χ0) is 13.0. The second kappa shape index (κ2) is 6.34. The first-order valence-corrected chi connectivity index (χ1v) is 7.26. The van der Waals surface area contributed by atoms with Crippen molar-refractivity contribution in [3.05, 3.63) is 68.8 Å². The van der Waals surface area contributed by atoms with Gasteiger partial charge < -0.3 is 5.32 Å². The summed E-state index contributed by atoms with van der Waals surface area (Å²) < 4.78 is 1.28. The van der Waals surface area contributed by atoms with Crippen LogP contribution in [0, 0.1) is 10.5 Å². The van der Waals surface area contributed by atoms with Gasteiger partial charge in [-0.2, -0.15) is 0 Å². The first-order chi connectivity index (χ1) is 8.70. The second-order valence-corrected chi connectivity index (χ2v) is 5.77. The van der Waals surface area contributed by atoms with Crippen LogP contribution in [0.1, 0.15) is 22.7 Å². The number of benzene rings is 2. The molecule has 0 aliphatic rings. The van der Waals surface area contributed by atoms with Crippen molar-refractivity contribution in [2.24, 2.45) is 0 Å². The number of nitrogens with one attached hydrogen (secondary N) is 1. The Labute approximate surface area is 123 Å². The maximum Gasteiger partial charge on any atom is 0.0358 e. The minimum Gasteiger partial charge on any atom is -0.313 e. The van der Waals surface area contributed by atoms with Crippen LogP contribution in [0.3, 0.4) is 0 Å². The minimum absolute atomic E-state index is 0.378. The van der Waals surface area contributed by atoms with Crippen molar-refractivity contribution in [2.75, 3.05) is 7.05 Å². The molecule has 2 heteroatoms. The Kier molecular flexibility index (Phi) is 4.78. The second-order valence-electron chi connectivity index (χ2n) is 4.52. The zero-order valence-corrected chi connectivity index (χ0v) is 12.9. The molecule has 0 heterocycles. The van der Waals surface area contributed by atoms with Crippen LogP contribution in [0.2, 0.25) is 0 Å². The minimum atomic E-state index is 0.378. The lowest BCUT2D eigenvalue weighted by Gasteiger charge is -2.18. The number of hydrogen-bond donors (Lipinski definition) is 1. The van der Waals surface area contributed by atoms with Gasteiger partial charge in [0, 0.05) is 9.61 Å². The number of rotatable bonds is 4. The molecule has 94 valence electrons. The molecule has 0 saturated carbocycles. The van der Waals surface area contributed by atoms with Gasteiger partial charge in [-0.25, -0.2) is 0 Å². The molecular formula is C16H18IN. The summed E-state index contributed by atoms with van der Waals surface area (Å²) in [6.45, 7) is 2.18. The average molecular weight is 351 g/mol. The van der Waals surface area contributed by atoms with E-state index < -0.39 is 0 Å². The van der Waals surface area contributed by atoms with E-state index in [0.717, 1.165) is 6.42 Å². The molecule has 18 heavy (non-hydrogen) atoms. The predicted molar refractivity (Wildman–Crippen MR) is 85.8 cm³/mol. The van der Waals surface area contributed by atoms with Crippen molar-refractivity contribution in [1.29, 1.82) is 0 Å². The Balaban J connectivity index is 2.20. The smallest absolute Gasteiger partial charge is 0.0358 e. The molecular weight excluding hydrogens is 333 g/mol. The molecule has 2 rings (SSSR count). The molecule has 0 aliphatic heterocycles. The first kappa shape index (κ1) is 13.6. The largest absolute Gasteiger partial charge is 0.313 e. The van der Waals surface area contributed by atoms with E-state index >= 15 is 0 Å². The lowest BCUT2D eigenvalue weighted by atomic mass is 9.96.